The van der Waals surface area contributed by atoms with Crippen molar-refractivity contribution in [3.8, 4) is 0 Å². The van der Waals surface area contributed by atoms with Gasteiger partial charge in [0.2, 0.25) is 0 Å². The third-order valence-electron chi connectivity index (χ3n) is 2.24. The molecule has 3 nitrogen and oxygen atoms in total. The van der Waals surface area contributed by atoms with Crippen molar-refractivity contribution < 1.29 is 0 Å². The first-order chi connectivity index (χ1) is 8.90. The number of rotatable bonds is 5. The van der Waals surface area contributed by atoms with Gasteiger partial charge in [-0.15, -0.1) is 32.8 Å². The van der Waals surface area contributed by atoms with Gasteiger partial charge in [-0.2, -0.15) is 0 Å². The van der Waals surface area contributed by atoms with Crippen molar-refractivity contribution in [3.05, 3.63) is 0 Å². The van der Waals surface area contributed by atoms with E-state index in [2.05, 4.69) is 30.0 Å². The maximum Gasteiger partial charge on any atom is 0.108 e. The second-order valence-electron chi connectivity index (χ2n) is 3.46. The molecule has 3 heterocycles. The molecule has 0 amide bonds. The summed E-state index contributed by atoms with van der Waals surface area (Å²) in [5, 5.41) is 10.5. The minimum Gasteiger partial charge on any atom is -0.273 e. The van der Waals surface area contributed by atoms with Gasteiger partial charge in [-0.05, 0) is 0 Å². The van der Waals surface area contributed by atoms with E-state index in [1.165, 1.54) is 13.0 Å². The summed E-state index contributed by atoms with van der Waals surface area (Å²) < 4.78 is 10.3. The Morgan fingerprint density at radius 3 is 1.38 bits per heavy atom. The van der Waals surface area contributed by atoms with E-state index in [1.807, 2.05) is 0 Å². The summed E-state index contributed by atoms with van der Waals surface area (Å²) in [5.74, 6) is 0. The van der Waals surface area contributed by atoms with Crippen LogP contribution in [0, 0.1) is 0 Å². The van der Waals surface area contributed by atoms with E-state index in [4.69, 9.17) is 0 Å². The van der Waals surface area contributed by atoms with Gasteiger partial charge in [0.15, 0.2) is 0 Å². The van der Waals surface area contributed by atoms with Gasteiger partial charge in [-0.1, -0.05) is 57.6 Å². The third kappa shape index (κ3) is 6.84. The van der Waals surface area contributed by atoms with E-state index in [0.29, 0.717) is 6.04 Å². The lowest BCUT2D eigenvalue weighted by atomic mass is 10.3. The third-order valence-corrected chi connectivity index (χ3v) is 8.38. The first kappa shape index (κ1) is 21.8. The summed E-state index contributed by atoms with van der Waals surface area (Å²) in [6.45, 7) is 1.90. The lowest BCUT2D eigenvalue weighted by Crippen LogP contribution is -2.49. The molecule has 0 aromatic rings. The van der Waals surface area contributed by atoms with Crippen LogP contribution in [-0.4, -0.2) is 46.2 Å². The molecule has 0 radical (unpaired) electrons. The van der Waals surface area contributed by atoms with Crippen LogP contribution < -0.4 is 16.0 Å². The molecule has 0 aromatic carbocycles. The molecule has 122 valence electrons. The highest BCUT2D eigenvalue weighted by molar-refractivity contribution is 8.49. The van der Waals surface area contributed by atoms with Gasteiger partial charge in [0.1, 0.15) is 13.0 Å². The average molecular weight is 402 g/mol. The zero-order chi connectivity index (χ0) is 12.2. The second-order valence-corrected chi connectivity index (χ2v) is 10.4. The molecule has 0 atom stereocenters. The smallest absolute Gasteiger partial charge is 0.108 e. The molecule has 0 saturated heterocycles. The average Bonchev–Trinajstić information content (AvgIpc) is 2.17. The van der Waals surface area contributed by atoms with Crippen LogP contribution in [-0.2, 0) is 0 Å². The summed E-state index contributed by atoms with van der Waals surface area (Å²) in [7, 11) is 5.34. The lowest BCUT2D eigenvalue weighted by Gasteiger charge is -2.22. The lowest BCUT2D eigenvalue weighted by molar-refractivity contribution is 0.587. The first-order valence-corrected chi connectivity index (χ1v) is 10.5. The molecule has 0 unspecified atom stereocenters. The number of thioether (sulfide) groups is 3. The van der Waals surface area contributed by atoms with Crippen molar-refractivity contribution in [1.29, 1.82) is 0 Å². The van der Waals surface area contributed by atoms with Crippen molar-refractivity contribution in [2.45, 2.75) is 28.3 Å². The Hall–Kier alpha value is 0.810. The largest absolute Gasteiger partial charge is 0.273 e. The zero-order valence-electron chi connectivity index (χ0n) is 9.17. The maximum absolute atomic E-state index is 3.56. The summed E-state index contributed by atoms with van der Waals surface area (Å²) in [6, 6.07) is 0.414. The van der Waals surface area contributed by atoms with Crippen LogP contribution in [0.5, 0.6) is 0 Å². The van der Waals surface area contributed by atoms with E-state index >= 15 is 0 Å². The molecule has 0 fully saturated rings. The summed E-state index contributed by atoms with van der Waals surface area (Å²) >= 11 is 5.34. The SMILES string of the molecule is C.C.C.C1=S=C(NCC(CNC2=S=CS2)NC2=S=CS2)S1. The molecule has 0 saturated carbocycles. The van der Waals surface area contributed by atoms with Crippen LogP contribution in [0.4, 0.5) is 0 Å². The fraction of sp³-hybridized carbons (Fsp3) is 0.500. The molecule has 0 bridgehead atoms. The summed E-state index contributed by atoms with van der Waals surface area (Å²) in [4.78, 5) is 0. The van der Waals surface area contributed by atoms with E-state index < -0.39 is 0 Å². The van der Waals surface area contributed by atoms with E-state index in [-0.39, 0.29) is 22.3 Å². The highest BCUT2D eigenvalue weighted by Crippen LogP contribution is 2.12. The molecule has 3 N–H and O–H groups in total. The molecule has 0 aromatic heterocycles. The maximum atomic E-state index is 3.56. The van der Waals surface area contributed by atoms with Crippen LogP contribution >= 0.6 is 68.1 Å². The van der Waals surface area contributed by atoms with Crippen LogP contribution in [0.2, 0.25) is 0 Å². The van der Waals surface area contributed by atoms with Crippen LogP contribution in [0.25, 0.3) is 0 Å². The minimum atomic E-state index is 0. The highest BCUT2D eigenvalue weighted by Gasteiger charge is 2.15. The first-order valence-electron chi connectivity index (χ1n) is 5.20. The Kier molecular flexibility index (Phi) is 11.8. The number of hydrogen-bond donors (Lipinski definition) is 3. The molecule has 3 aliphatic heterocycles. The monoisotopic (exact) mass is 401 g/mol. The van der Waals surface area contributed by atoms with Gasteiger partial charge >= 0.3 is 0 Å². The van der Waals surface area contributed by atoms with Crippen molar-refractivity contribution >= 4 is 95.2 Å². The fourth-order valence-corrected chi connectivity index (χ4v) is 4.72. The van der Waals surface area contributed by atoms with Gasteiger partial charge in [-0.3, -0.25) is 16.0 Å². The van der Waals surface area contributed by atoms with Crippen molar-refractivity contribution in [3.63, 3.8) is 0 Å². The fourth-order valence-electron chi connectivity index (χ4n) is 1.28. The van der Waals surface area contributed by atoms with Gasteiger partial charge < -0.3 is 0 Å². The Bertz CT molecular complexity index is 517. The van der Waals surface area contributed by atoms with Gasteiger partial charge in [0.25, 0.3) is 0 Å². The normalized spacial score (nSPS) is 17.3. The van der Waals surface area contributed by atoms with E-state index in [1.54, 1.807) is 68.1 Å². The Labute approximate surface area is 151 Å². The van der Waals surface area contributed by atoms with Gasteiger partial charge in [0.05, 0.1) is 0 Å². The highest BCUT2D eigenvalue weighted by atomic mass is 32.2. The Balaban J connectivity index is 0.00000133. The molecule has 21 heavy (non-hydrogen) atoms. The number of hydrogen-bond acceptors (Lipinski definition) is 6. The zero-order valence-corrected chi connectivity index (χ0v) is 14.1. The Morgan fingerprint density at radius 2 is 1.10 bits per heavy atom. The van der Waals surface area contributed by atoms with Crippen LogP contribution in [0.15, 0.2) is 0 Å². The molecule has 0 spiro atoms. The summed E-state index contributed by atoms with van der Waals surface area (Å²) in [5.41, 5.74) is 0. The van der Waals surface area contributed by atoms with E-state index in [0.717, 1.165) is 13.1 Å². The van der Waals surface area contributed by atoms with E-state index in [9.17, 15) is 0 Å². The van der Waals surface area contributed by atoms with Crippen molar-refractivity contribution in [2.24, 2.45) is 0 Å². The van der Waals surface area contributed by atoms with Crippen molar-refractivity contribution in [2.75, 3.05) is 13.1 Å². The second kappa shape index (κ2) is 11.4. The predicted octanol–water partition coefficient (Wildman–Crippen LogP) is 3.01. The minimum absolute atomic E-state index is 0. The Morgan fingerprint density at radius 1 is 0.714 bits per heavy atom. The standard InChI is InChI=1S/C9H11N3S6.3CH4/c1(10-7-13-3-14-7)6(12-9-17-5-18-9)2-11-8-15-4-16-8;;;/h3-6,10-12H,1-2H2;3*1H4. The quantitative estimate of drug-likeness (QED) is 0.615. The van der Waals surface area contributed by atoms with Gasteiger partial charge in [-0.25, -0.2) is 0 Å². The molecular formula is C12H23N3S6. The van der Waals surface area contributed by atoms with Crippen molar-refractivity contribution in [1.82, 2.24) is 16.0 Å². The molecule has 9 heteroatoms. The predicted molar refractivity (Wildman–Crippen MR) is 122 cm³/mol. The molecule has 0 aliphatic carbocycles. The van der Waals surface area contributed by atoms with Gasteiger partial charge in [0, 0.05) is 33.2 Å². The molecule has 3 aliphatic rings. The number of nitrogens with one attached hydrogen (secondary N) is 3. The molecule has 3 rings (SSSR count). The topological polar surface area (TPSA) is 36.1 Å². The molecular weight excluding hydrogens is 379 g/mol. The van der Waals surface area contributed by atoms with Crippen LogP contribution in [0.3, 0.4) is 0 Å². The summed E-state index contributed by atoms with van der Waals surface area (Å²) in [6.07, 6.45) is 0. The van der Waals surface area contributed by atoms with Crippen LogP contribution in [0.1, 0.15) is 22.3 Å².